The molecule has 2 N–H and O–H groups in total. The zero-order valence-corrected chi connectivity index (χ0v) is 15.6. The number of rotatable bonds is 6. The van der Waals surface area contributed by atoms with Crippen molar-refractivity contribution in [2.45, 2.75) is 13.0 Å². The molecule has 3 rings (SSSR count). The van der Waals surface area contributed by atoms with Crippen LogP contribution in [0.15, 0.2) is 54.6 Å². The number of quaternary nitrogens is 1. The Morgan fingerprint density at radius 3 is 2.38 bits per heavy atom. The van der Waals surface area contributed by atoms with E-state index in [0.29, 0.717) is 6.54 Å². The minimum atomic E-state index is 0.0451. The number of hydrogen-bond donors (Lipinski definition) is 2. The molecule has 0 spiro atoms. The fourth-order valence-corrected chi connectivity index (χ4v) is 3.40. The Hall–Kier alpha value is -2.53. The quantitative estimate of drug-likeness (QED) is 0.821. The van der Waals surface area contributed by atoms with E-state index in [9.17, 15) is 4.79 Å². The molecule has 0 bridgehead atoms. The molecule has 0 unspecified atom stereocenters. The summed E-state index contributed by atoms with van der Waals surface area (Å²) in [5.41, 5.74) is 2.35. The van der Waals surface area contributed by atoms with Gasteiger partial charge in [-0.05, 0) is 36.8 Å². The van der Waals surface area contributed by atoms with Crippen molar-refractivity contribution < 1.29 is 14.4 Å². The number of piperazine rings is 1. The zero-order chi connectivity index (χ0) is 18.4. The molecule has 1 amide bonds. The molecular weight excluding hydrogens is 326 g/mol. The van der Waals surface area contributed by atoms with Gasteiger partial charge in [-0.1, -0.05) is 30.3 Å². The zero-order valence-electron chi connectivity index (χ0n) is 15.6. The van der Waals surface area contributed by atoms with E-state index in [1.807, 2.05) is 49.4 Å². The predicted molar refractivity (Wildman–Crippen MR) is 104 cm³/mol. The summed E-state index contributed by atoms with van der Waals surface area (Å²) >= 11 is 0. The lowest BCUT2D eigenvalue weighted by Crippen LogP contribution is -3.15. The van der Waals surface area contributed by atoms with E-state index in [0.717, 1.165) is 37.5 Å². The van der Waals surface area contributed by atoms with E-state index < -0.39 is 0 Å². The molecule has 1 saturated heterocycles. The Kier molecular flexibility index (Phi) is 6.12. The lowest BCUT2D eigenvalue weighted by molar-refractivity contribution is -0.892. The van der Waals surface area contributed by atoms with Crippen LogP contribution in [0.2, 0.25) is 0 Å². The Labute approximate surface area is 155 Å². The maximum Gasteiger partial charge on any atom is 0.275 e. The van der Waals surface area contributed by atoms with Crippen molar-refractivity contribution in [3.8, 4) is 5.75 Å². The average molecular weight is 354 g/mol. The molecule has 5 heteroatoms. The monoisotopic (exact) mass is 354 g/mol. The number of amides is 1. The Morgan fingerprint density at radius 1 is 1.12 bits per heavy atom. The van der Waals surface area contributed by atoms with Crippen LogP contribution >= 0.6 is 0 Å². The molecule has 1 aliphatic heterocycles. The third kappa shape index (κ3) is 4.76. The van der Waals surface area contributed by atoms with Gasteiger partial charge in [0.15, 0.2) is 6.54 Å². The Balaban J connectivity index is 1.45. The highest BCUT2D eigenvalue weighted by Gasteiger charge is 2.23. The van der Waals surface area contributed by atoms with Crippen LogP contribution in [0.25, 0.3) is 0 Å². The number of nitrogens with zero attached hydrogens (tertiary/aromatic N) is 1. The van der Waals surface area contributed by atoms with Crippen molar-refractivity contribution in [2.24, 2.45) is 0 Å². The summed E-state index contributed by atoms with van der Waals surface area (Å²) in [7, 11) is 1.68. The molecule has 0 aromatic heterocycles. The standard InChI is InChI=1S/C21H27N3O2/c1-17(18-6-4-3-5-7-18)22-21(25)16-23-12-14-24(15-13-23)19-8-10-20(26-2)11-9-19/h3-11,17H,12-16H2,1-2H3,(H,22,25)/p+1/t17-/m1/s1. The van der Waals surface area contributed by atoms with Crippen molar-refractivity contribution in [3.63, 3.8) is 0 Å². The van der Waals surface area contributed by atoms with E-state index in [1.54, 1.807) is 7.11 Å². The first kappa shape index (κ1) is 18.3. The second-order valence-corrected chi connectivity index (χ2v) is 6.81. The highest BCUT2D eigenvalue weighted by molar-refractivity contribution is 5.77. The van der Waals surface area contributed by atoms with Crippen molar-refractivity contribution in [3.05, 3.63) is 60.2 Å². The van der Waals surface area contributed by atoms with Gasteiger partial charge in [0.2, 0.25) is 0 Å². The van der Waals surface area contributed by atoms with Crippen molar-refractivity contribution >= 4 is 11.6 Å². The van der Waals surface area contributed by atoms with Gasteiger partial charge in [0, 0.05) is 5.69 Å². The normalized spacial score (nSPS) is 16.2. The summed E-state index contributed by atoms with van der Waals surface area (Å²) < 4.78 is 5.21. The van der Waals surface area contributed by atoms with Gasteiger partial charge in [-0.15, -0.1) is 0 Å². The number of anilines is 1. The number of hydrogen-bond acceptors (Lipinski definition) is 3. The first-order valence-corrected chi connectivity index (χ1v) is 9.22. The minimum absolute atomic E-state index is 0.0451. The molecule has 0 saturated carbocycles. The van der Waals surface area contributed by atoms with Gasteiger partial charge < -0.3 is 19.9 Å². The molecule has 2 aromatic carbocycles. The van der Waals surface area contributed by atoms with Gasteiger partial charge in [-0.2, -0.15) is 0 Å². The number of benzene rings is 2. The molecule has 1 atom stereocenters. The highest BCUT2D eigenvalue weighted by Crippen LogP contribution is 2.19. The van der Waals surface area contributed by atoms with Crippen LogP contribution in [-0.2, 0) is 4.79 Å². The Bertz CT molecular complexity index is 695. The molecule has 138 valence electrons. The summed E-state index contributed by atoms with van der Waals surface area (Å²) in [6.07, 6.45) is 0. The molecule has 0 aliphatic carbocycles. The molecular formula is C21H28N3O2+. The smallest absolute Gasteiger partial charge is 0.275 e. The van der Waals surface area contributed by atoms with Gasteiger partial charge in [-0.25, -0.2) is 0 Å². The topological polar surface area (TPSA) is 46.0 Å². The Morgan fingerprint density at radius 2 is 1.77 bits per heavy atom. The summed E-state index contributed by atoms with van der Waals surface area (Å²) in [5, 5.41) is 3.11. The average Bonchev–Trinajstić information content (AvgIpc) is 2.69. The summed E-state index contributed by atoms with van der Waals surface area (Å²) in [6.45, 7) is 6.43. The first-order chi connectivity index (χ1) is 12.7. The van der Waals surface area contributed by atoms with Crippen LogP contribution in [0, 0.1) is 0 Å². The van der Waals surface area contributed by atoms with Crippen LogP contribution < -0.4 is 19.9 Å². The molecule has 1 aliphatic rings. The lowest BCUT2D eigenvalue weighted by Gasteiger charge is -2.33. The fourth-order valence-electron chi connectivity index (χ4n) is 3.40. The van der Waals surface area contributed by atoms with Crippen LogP contribution in [-0.4, -0.2) is 45.7 Å². The third-order valence-electron chi connectivity index (χ3n) is 5.00. The number of ether oxygens (including phenoxy) is 1. The first-order valence-electron chi connectivity index (χ1n) is 9.22. The highest BCUT2D eigenvalue weighted by atomic mass is 16.5. The van der Waals surface area contributed by atoms with Crippen LogP contribution in [0.5, 0.6) is 5.75 Å². The van der Waals surface area contributed by atoms with E-state index in [1.165, 1.54) is 10.6 Å². The summed E-state index contributed by atoms with van der Waals surface area (Å²) in [4.78, 5) is 16.1. The maximum atomic E-state index is 12.4. The molecule has 1 heterocycles. The van der Waals surface area contributed by atoms with Gasteiger partial charge in [0.1, 0.15) is 5.75 Å². The number of nitrogens with one attached hydrogen (secondary N) is 2. The van der Waals surface area contributed by atoms with Crippen LogP contribution in [0.3, 0.4) is 0 Å². The molecule has 26 heavy (non-hydrogen) atoms. The van der Waals surface area contributed by atoms with Gasteiger partial charge >= 0.3 is 0 Å². The number of carbonyl (C=O) groups is 1. The van der Waals surface area contributed by atoms with Gasteiger partial charge in [0.25, 0.3) is 5.91 Å². The fraction of sp³-hybridized carbons (Fsp3) is 0.381. The second-order valence-electron chi connectivity index (χ2n) is 6.81. The molecule has 1 fully saturated rings. The van der Waals surface area contributed by atoms with Crippen molar-refractivity contribution in [2.75, 3.05) is 44.7 Å². The SMILES string of the molecule is COc1ccc(N2CC[NH+](CC(=O)N[C@H](C)c3ccccc3)CC2)cc1. The molecule has 2 aromatic rings. The van der Waals surface area contributed by atoms with Crippen molar-refractivity contribution in [1.82, 2.24) is 5.32 Å². The van der Waals surface area contributed by atoms with E-state index >= 15 is 0 Å². The summed E-state index contributed by atoms with van der Waals surface area (Å²) in [5.74, 6) is 0.997. The number of carbonyl (C=O) groups excluding carboxylic acids is 1. The summed E-state index contributed by atoms with van der Waals surface area (Å²) in [6, 6.07) is 18.3. The van der Waals surface area contributed by atoms with E-state index in [2.05, 4.69) is 22.3 Å². The lowest BCUT2D eigenvalue weighted by atomic mass is 10.1. The largest absolute Gasteiger partial charge is 0.497 e. The van der Waals surface area contributed by atoms with Crippen LogP contribution in [0.4, 0.5) is 5.69 Å². The van der Waals surface area contributed by atoms with E-state index in [-0.39, 0.29) is 11.9 Å². The second kappa shape index (κ2) is 8.72. The minimum Gasteiger partial charge on any atom is -0.497 e. The number of methoxy groups -OCH3 is 1. The predicted octanol–water partition coefficient (Wildman–Crippen LogP) is 1.28. The van der Waals surface area contributed by atoms with Gasteiger partial charge in [-0.3, -0.25) is 4.79 Å². The third-order valence-corrected chi connectivity index (χ3v) is 5.00. The maximum absolute atomic E-state index is 12.4. The van der Waals surface area contributed by atoms with E-state index in [4.69, 9.17) is 4.74 Å². The van der Waals surface area contributed by atoms with Crippen molar-refractivity contribution in [1.29, 1.82) is 0 Å². The molecule has 5 nitrogen and oxygen atoms in total. The van der Waals surface area contributed by atoms with Gasteiger partial charge in [0.05, 0.1) is 39.3 Å². The van der Waals surface area contributed by atoms with Crippen LogP contribution in [0.1, 0.15) is 18.5 Å². The molecule has 0 radical (unpaired) electrons.